The molecule has 6 nitrogen and oxygen atoms in total. The van der Waals surface area contributed by atoms with Gasteiger partial charge in [-0.2, -0.15) is 13.2 Å². The topological polar surface area (TPSA) is 88.5 Å². The number of ether oxygens (including phenoxy) is 1. The first-order valence-corrected chi connectivity index (χ1v) is 7.78. The Bertz CT molecular complexity index is 869. The second-order valence-corrected chi connectivity index (χ2v) is 5.23. The van der Waals surface area contributed by atoms with E-state index in [1.807, 2.05) is 31.2 Å². The number of nitrogens with one attached hydrogen (secondary N) is 1. The van der Waals surface area contributed by atoms with Crippen LogP contribution in [0.2, 0.25) is 0 Å². The summed E-state index contributed by atoms with van der Waals surface area (Å²) in [6, 6.07) is 11.0. The van der Waals surface area contributed by atoms with Gasteiger partial charge in [-0.15, -0.1) is 0 Å². The molecule has 2 aromatic rings. The van der Waals surface area contributed by atoms with Crippen molar-refractivity contribution in [2.45, 2.75) is 19.6 Å². The molecule has 0 aliphatic carbocycles. The Kier molecular flexibility index (Phi) is 8.49. The third kappa shape index (κ3) is 8.23. The number of methoxy groups -OCH3 is 1. The fraction of sp³-hybridized carbons (Fsp3) is 0.211. The van der Waals surface area contributed by atoms with Crippen molar-refractivity contribution in [2.75, 3.05) is 7.11 Å². The molecule has 0 saturated carbocycles. The van der Waals surface area contributed by atoms with Crippen LogP contribution in [0.15, 0.2) is 42.6 Å². The van der Waals surface area contributed by atoms with E-state index in [1.165, 1.54) is 0 Å². The van der Waals surface area contributed by atoms with Crippen molar-refractivity contribution in [1.29, 1.82) is 0 Å². The van der Waals surface area contributed by atoms with Gasteiger partial charge in [0, 0.05) is 17.7 Å². The summed E-state index contributed by atoms with van der Waals surface area (Å²) in [6.45, 7) is 2.33. The number of benzene rings is 1. The highest BCUT2D eigenvalue weighted by atomic mass is 19.4. The second kappa shape index (κ2) is 10.6. The van der Waals surface area contributed by atoms with E-state index in [0.29, 0.717) is 6.54 Å². The molecule has 148 valence electrons. The van der Waals surface area contributed by atoms with E-state index in [-0.39, 0.29) is 5.91 Å². The van der Waals surface area contributed by atoms with E-state index in [4.69, 9.17) is 14.6 Å². The van der Waals surface area contributed by atoms with Crippen LogP contribution in [0.25, 0.3) is 0 Å². The van der Waals surface area contributed by atoms with Crippen molar-refractivity contribution in [3.05, 3.63) is 59.4 Å². The molecule has 28 heavy (non-hydrogen) atoms. The molecule has 0 saturated heterocycles. The van der Waals surface area contributed by atoms with Gasteiger partial charge in [-0.3, -0.25) is 9.78 Å². The van der Waals surface area contributed by atoms with Crippen LogP contribution in [0.5, 0.6) is 5.75 Å². The SMILES string of the molecule is COc1ccc(C#CC(=O)NCc2ncccc2C)cc1.O=C(O)C(F)(F)F. The predicted molar refractivity (Wildman–Crippen MR) is 94.4 cm³/mol. The Labute approximate surface area is 159 Å². The third-order valence-corrected chi connectivity index (χ3v) is 3.19. The highest BCUT2D eigenvalue weighted by Gasteiger charge is 2.38. The van der Waals surface area contributed by atoms with Gasteiger partial charge in [0.2, 0.25) is 0 Å². The standard InChI is InChI=1S/C17H16N2O2.C2HF3O2/c1-13-4-3-11-18-16(13)12-19-17(20)10-7-14-5-8-15(21-2)9-6-14;3-2(4,5)1(6)7/h3-6,8-9,11H,12H2,1-2H3,(H,19,20);(H,6,7). The van der Waals surface area contributed by atoms with Crippen LogP contribution in [0.1, 0.15) is 16.8 Å². The Hall–Kier alpha value is -3.54. The second-order valence-electron chi connectivity index (χ2n) is 5.23. The normalized spacial score (nSPS) is 9.89. The van der Waals surface area contributed by atoms with Crippen molar-refractivity contribution < 1.29 is 32.6 Å². The monoisotopic (exact) mass is 394 g/mol. The van der Waals surface area contributed by atoms with Gasteiger partial charge >= 0.3 is 12.1 Å². The fourth-order valence-corrected chi connectivity index (χ4v) is 1.71. The molecule has 0 radical (unpaired) electrons. The number of carboxylic acid groups (broad SMARTS) is 1. The molecule has 2 N–H and O–H groups in total. The molecule has 0 bridgehead atoms. The molecule has 0 aliphatic rings. The van der Waals surface area contributed by atoms with Gasteiger partial charge in [0.1, 0.15) is 5.75 Å². The van der Waals surface area contributed by atoms with E-state index in [2.05, 4.69) is 22.1 Å². The average molecular weight is 394 g/mol. The molecule has 1 heterocycles. The first kappa shape index (κ1) is 22.5. The number of halogens is 3. The lowest BCUT2D eigenvalue weighted by atomic mass is 10.2. The van der Waals surface area contributed by atoms with Crippen LogP contribution >= 0.6 is 0 Å². The first-order chi connectivity index (χ1) is 13.1. The van der Waals surface area contributed by atoms with Crippen molar-refractivity contribution in [1.82, 2.24) is 10.3 Å². The maximum atomic E-state index is 11.7. The number of pyridine rings is 1. The number of carbonyl (C=O) groups excluding carboxylic acids is 1. The van der Waals surface area contributed by atoms with Gasteiger partial charge in [0.25, 0.3) is 5.91 Å². The maximum absolute atomic E-state index is 11.7. The number of carboxylic acids is 1. The lowest BCUT2D eigenvalue weighted by Gasteiger charge is -2.03. The zero-order valence-corrected chi connectivity index (χ0v) is 15.0. The lowest BCUT2D eigenvalue weighted by Crippen LogP contribution is -2.21. The largest absolute Gasteiger partial charge is 0.497 e. The van der Waals surface area contributed by atoms with Gasteiger partial charge < -0.3 is 15.2 Å². The summed E-state index contributed by atoms with van der Waals surface area (Å²) >= 11 is 0. The van der Waals surface area contributed by atoms with Gasteiger partial charge in [0.05, 0.1) is 19.3 Å². The Morgan fingerprint density at radius 2 is 1.82 bits per heavy atom. The molecule has 1 aromatic carbocycles. The number of aliphatic carboxylic acids is 1. The van der Waals surface area contributed by atoms with E-state index in [1.54, 1.807) is 25.4 Å². The number of hydrogen-bond acceptors (Lipinski definition) is 4. The van der Waals surface area contributed by atoms with Crippen LogP contribution in [0.4, 0.5) is 13.2 Å². The first-order valence-electron chi connectivity index (χ1n) is 7.78. The number of aryl methyl sites for hydroxylation is 1. The predicted octanol–water partition coefficient (Wildman–Crippen LogP) is 2.70. The summed E-state index contributed by atoms with van der Waals surface area (Å²) in [5, 5.41) is 9.86. The highest BCUT2D eigenvalue weighted by Crippen LogP contribution is 2.13. The summed E-state index contributed by atoms with van der Waals surface area (Å²) in [5.41, 5.74) is 2.65. The van der Waals surface area contributed by atoms with E-state index in [9.17, 15) is 18.0 Å². The number of carbonyl (C=O) groups is 2. The zero-order valence-electron chi connectivity index (χ0n) is 15.0. The Balaban J connectivity index is 0.000000480. The zero-order chi connectivity index (χ0) is 21.2. The molecule has 0 spiro atoms. The summed E-state index contributed by atoms with van der Waals surface area (Å²) in [4.78, 5) is 24.8. The summed E-state index contributed by atoms with van der Waals surface area (Å²) in [7, 11) is 1.60. The minimum absolute atomic E-state index is 0.323. The highest BCUT2D eigenvalue weighted by molar-refractivity contribution is 5.94. The summed E-state index contributed by atoms with van der Waals surface area (Å²) in [6.07, 6.45) is -3.38. The molecule has 0 aliphatic heterocycles. The molecule has 0 fully saturated rings. The number of rotatable bonds is 3. The van der Waals surface area contributed by atoms with Gasteiger partial charge in [-0.25, -0.2) is 4.79 Å². The minimum Gasteiger partial charge on any atom is -0.497 e. The van der Waals surface area contributed by atoms with Crippen LogP contribution in [0, 0.1) is 18.8 Å². The summed E-state index contributed by atoms with van der Waals surface area (Å²) < 4.78 is 36.8. The van der Waals surface area contributed by atoms with Crippen molar-refractivity contribution >= 4 is 11.9 Å². The van der Waals surface area contributed by atoms with Crippen molar-refractivity contribution in [3.8, 4) is 17.6 Å². The molecule has 9 heteroatoms. The number of amides is 1. The van der Waals surface area contributed by atoms with Crippen LogP contribution < -0.4 is 10.1 Å². The number of hydrogen-bond donors (Lipinski definition) is 2. The number of aromatic nitrogens is 1. The van der Waals surface area contributed by atoms with Gasteiger partial charge in [-0.1, -0.05) is 12.0 Å². The molecule has 1 aromatic heterocycles. The van der Waals surface area contributed by atoms with Crippen LogP contribution in [-0.2, 0) is 16.1 Å². The number of nitrogens with zero attached hydrogens (tertiary/aromatic N) is 1. The fourth-order valence-electron chi connectivity index (χ4n) is 1.71. The number of alkyl halides is 3. The van der Waals surface area contributed by atoms with Crippen LogP contribution in [0.3, 0.4) is 0 Å². The van der Waals surface area contributed by atoms with Crippen molar-refractivity contribution in [3.63, 3.8) is 0 Å². The third-order valence-electron chi connectivity index (χ3n) is 3.19. The van der Waals surface area contributed by atoms with E-state index >= 15 is 0 Å². The minimum atomic E-state index is -5.08. The lowest BCUT2D eigenvalue weighted by molar-refractivity contribution is -0.192. The quantitative estimate of drug-likeness (QED) is 0.782. The van der Waals surface area contributed by atoms with E-state index < -0.39 is 12.1 Å². The maximum Gasteiger partial charge on any atom is 0.490 e. The molecular weight excluding hydrogens is 377 g/mol. The molecule has 2 rings (SSSR count). The van der Waals surface area contributed by atoms with Gasteiger partial charge in [-0.05, 0) is 42.8 Å². The smallest absolute Gasteiger partial charge is 0.490 e. The average Bonchev–Trinajstić information content (AvgIpc) is 2.66. The molecule has 0 unspecified atom stereocenters. The summed E-state index contributed by atoms with van der Waals surface area (Å²) in [5.74, 6) is 3.05. The van der Waals surface area contributed by atoms with Crippen LogP contribution in [-0.4, -0.2) is 35.3 Å². The van der Waals surface area contributed by atoms with E-state index in [0.717, 1.165) is 22.6 Å². The van der Waals surface area contributed by atoms with Gasteiger partial charge in [0.15, 0.2) is 0 Å². The Morgan fingerprint density at radius 3 is 2.32 bits per heavy atom. The van der Waals surface area contributed by atoms with Crippen molar-refractivity contribution in [2.24, 2.45) is 0 Å². The molecule has 1 amide bonds. The molecule has 0 atom stereocenters. The molecular formula is C19H17F3N2O4. The Morgan fingerprint density at radius 1 is 1.21 bits per heavy atom.